The monoisotopic (exact) mass is 289 g/mol. The highest BCUT2D eigenvalue weighted by atomic mass is 16.6. The lowest BCUT2D eigenvalue weighted by Crippen LogP contribution is -2.35. The average Bonchev–Trinajstić information content (AvgIpc) is 2.47. The van der Waals surface area contributed by atoms with E-state index in [0.717, 1.165) is 12.1 Å². The van der Waals surface area contributed by atoms with Crippen molar-refractivity contribution in [2.45, 2.75) is 32.2 Å². The number of nitrogens with zero attached hydrogens (tertiary/aromatic N) is 2. The molecule has 1 atom stereocenters. The molecule has 2 aromatic rings. The number of aromatic nitrogens is 1. The molecule has 0 saturated heterocycles. The number of anilines is 1. The molecule has 1 heterocycles. The molecule has 112 valence electrons. The highest BCUT2D eigenvalue weighted by Gasteiger charge is 2.23. The molecule has 0 bridgehead atoms. The van der Waals surface area contributed by atoms with Crippen LogP contribution in [0.1, 0.15) is 26.7 Å². The van der Waals surface area contributed by atoms with Crippen molar-refractivity contribution in [3.8, 4) is 0 Å². The van der Waals surface area contributed by atoms with Crippen LogP contribution in [0.3, 0.4) is 0 Å². The predicted octanol–water partition coefficient (Wildman–Crippen LogP) is 3.11. The van der Waals surface area contributed by atoms with E-state index in [1.807, 2.05) is 19.9 Å². The Hall–Kier alpha value is -2.21. The molecule has 6 nitrogen and oxygen atoms in total. The van der Waals surface area contributed by atoms with Crippen LogP contribution in [-0.2, 0) is 0 Å². The highest BCUT2D eigenvalue weighted by molar-refractivity contribution is 5.96. The first-order valence-electron chi connectivity index (χ1n) is 6.92. The molecule has 0 spiro atoms. The minimum atomic E-state index is -0.425. The van der Waals surface area contributed by atoms with Gasteiger partial charge in [0.05, 0.1) is 4.92 Å². The Morgan fingerprint density at radius 1 is 1.43 bits per heavy atom. The number of aliphatic hydroxyl groups is 1. The van der Waals surface area contributed by atoms with Crippen LogP contribution in [-0.4, -0.2) is 27.2 Å². The van der Waals surface area contributed by atoms with Gasteiger partial charge in [-0.3, -0.25) is 10.1 Å². The lowest BCUT2D eigenvalue weighted by atomic mass is 9.94. The molecule has 0 saturated carbocycles. The van der Waals surface area contributed by atoms with E-state index in [9.17, 15) is 15.2 Å². The third kappa shape index (κ3) is 3.11. The van der Waals surface area contributed by atoms with Crippen molar-refractivity contribution in [1.82, 2.24) is 4.98 Å². The number of hydrogen-bond acceptors (Lipinski definition) is 5. The summed E-state index contributed by atoms with van der Waals surface area (Å²) in [7, 11) is 0. The highest BCUT2D eigenvalue weighted by Crippen LogP contribution is 2.31. The van der Waals surface area contributed by atoms with Crippen LogP contribution in [0.5, 0.6) is 0 Å². The van der Waals surface area contributed by atoms with Gasteiger partial charge in [-0.15, -0.1) is 0 Å². The van der Waals surface area contributed by atoms with E-state index in [0.29, 0.717) is 17.3 Å². The van der Waals surface area contributed by atoms with E-state index in [4.69, 9.17) is 0 Å². The molecule has 2 N–H and O–H groups in total. The summed E-state index contributed by atoms with van der Waals surface area (Å²) in [4.78, 5) is 14.8. The number of benzene rings is 1. The zero-order valence-corrected chi connectivity index (χ0v) is 12.2. The molecular formula is C15H19N3O3. The van der Waals surface area contributed by atoms with Gasteiger partial charge in [-0.25, -0.2) is 4.98 Å². The molecule has 0 radical (unpaired) electrons. The van der Waals surface area contributed by atoms with E-state index in [2.05, 4.69) is 10.3 Å². The summed E-state index contributed by atoms with van der Waals surface area (Å²) in [6.07, 6.45) is 2.99. The van der Waals surface area contributed by atoms with Crippen molar-refractivity contribution in [2.75, 3.05) is 11.9 Å². The van der Waals surface area contributed by atoms with Gasteiger partial charge in [0, 0.05) is 35.5 Å². The number of hydrogen-bond donors (Lipinski definition) is 2. The van der Waals surface area contributed by atoms with Crippen LogP contribution in [0.15, 0.2) is 30.5 Å². The van der Waals surface area contributed by atoms with Gasteiger partial charge in [-0.05, 0) is 25.8 Å². The second kappa shape index (κ2) is 6.05. The van der Waals surface area contributed by atoms with E-state index in [-0.39, 0.29) is 17.8 Å². The van der Waals surface area contributed by atoms with Gasteiger partial charge in [-0.2, -0.15) is 0 Å². The molecular weight excluding hydrogens is 270 g/mol. The van der Waals surface area contributed by atoms with E-state index < -0.39 is 4.92 Å². The minimum Gasteiger partial charge on any atom is -0.396 e. The fourth-order valence-electron chi connectivity index (χ4n) is 2.32. The first kappa shape index (κ1) is 15.2. The maximum Gasteiger partial charge on any atom is 0.295 e. The molecule has 0 aliphatic rings. The van der Waals surface area contributed by atoms with Gasteiger partial charge in [0.15, 0.2) is 0 Å². The first-order valence-corrected chi connectivity index (χ1v) is 6.92. The summed E-state index contributed by atoms with van der Waals surface area (Å²) in [5.74, 6) is 0. The van der Waals surface area contributed by atoms with Crippen LogP contribution in [0.2, 0.25) is 0 Å². The van der Waals surface area contributed by atoms with Crippen molar-refractivity contribution in [3.05, 3.63) is 40.6 Å². The van der Waals surface area contributed by atoms with Crippen molar-refractivity contribution < 1.29 is 10.0 Å². The Kier molecular flexibility index (Phi) is 4.37. The summed E-state index contributed by atoms with van der Waals surface area (Å²) in [6.45, 7) is 4.14. The molecule has 21 heavy (non-hydrogen) atoms. The summed E-state index contributed by atoms with van der Waals surface area (Å²) in [5, 5.41) is 24.4. The Balaban J connectivity index is 2.50. The van der Waals surface area contributed by atoms with Crippen LogP contribution in [0.25, 0.3) is 10.9 Å². The zero-order valence-electron chi connectivity index (χ0n) is 12.2. The van der Waals surface area contributed by atoms with E-state index >= 15 is 0 Å². The second-order valence-corrected chi connectivity index (χ2v) is 5.30. The topological polar surface area (TPSA) is 88.3 Å². The van der Waals surface area contributed by atoms with Gasteiger partial charge in [0.25, 0.3) is 5.69 Å². The normalized spacial score (nSPS) is 13.9. The molecule has 1 aromatic heterocycles. The Bertz CT molecular complexity index is 660. The second-order valence-electron chi connectivity index (χ2n) is 5.30. The van der Waals surface area contributed by atoms with Crippen LogP contribution < -0.4 is 5.32 Å². The third-order valence-electron chi connectivity index (χ3n) is 3.83. The smallest absolute Gasteiger partial charge is 0.295 e. The van der Waals surface area contributed by atoms with Crippen molar-refractivity contribution in [2.24, 2.45) is 0 Å². The Morgan fingerprint density at radius 3 is 2.81 bits per heavy atom. The van der Waals surface area contributed by atoms with Gasteiger partial charge in [0.1, 0.15) is 5.52 Å². The molecule has 0 amide bonds. The lowest BCUT2D eigenvalue weighted by molar-refractivity contribution is -0.383. The van der Waals surface area contributed by atoms with Gasteiger partial charge < -0.3 is 10.4 Å². The number of nitro benzene ring substituents is 1. The number of pyridine rings is 1. The number of non-ortho nitro benzene ring substituents is 1. The Morgan fingerprint density at radius 2 is 2.19 bits per heavy atom. The number of nitro groups is 1. The van der Waals surface area contributed by atoms with Crippen LogP contribution >= 0.6 is 0 Å². The minimum absolute atomic E-state index is 0.00323. The van der Waals surface area contributed by atoms with Crippen LogP contribution in [0, 0.1) is 10.1 Å². The van der Waals surface area contributed by atoms with Crippen LogP contribution in [0.4, 0.5) is 11.4 Å². The molecule has 1 unspecified atom stereocenters. The quantitative estimate of drug-likeness (QED) is 0.630. The molecule has 0 fully saturated rings. The molecule has 6 heteroatoms. The van der Waals surface area contributed by atoms with E-state index in [1.165, 1.54) is 6.07 Å². The number of aliphatic hydroxyl groups excluding tert-OH is 1. The largest absolute Gasteiger partial charge is 0.396 e. The standard InChI is InChI=1S/C15H19N3O3/c1-3-15(2,8-10-19)17-12-7-9-16-14-11(12)5-4-6-13(14)18(20)21/h4-7,9,19H,3,8,10H2,1-2H3,(H,16,17). The summed E-state index contributed by atoms with van der Waals surface area (Å²) >= 11 is 0. The average molecular weight is 289 g/mol. The maximum atomic E-state index is 11.1. The molecule has 0 aliphatic heterocycles. The van der Waals surface area contributed by atoms with Crippen molar-refractivity contribution in [1.29, 1.82) is 0 Å². The number of nitrogens with one attached hydrogen (secondary N) is 1. The third-order valence-corrected chi connectivity index (χ3v) is 3.83. The zero-order chi connectivity index (χ0) is 15.5. The van der Waals surface area contributed by atoms with Gasteiger partial charge in [-0.1, -0.05) is 19.1 Å². The first-order chi connectivity index (χ1) is 10.0. The maximum absolute atomic E-state index is 11.1. The number of rotatable bonds is 6. The summed E-state index contributed by atoms with van der Waals surface area (Å²) in [6, 6.07) is 6.72. The summed E-state index contributed by atoms with van der Waals surface area (Å²) in [5.41, 5.74) is 0.890. The summed E-state index contributed by atoms with van der Waals surface area (Å²) < 4.78 is 0. The Labute approximate surface area is 123 Å². The van der Waals surface area contributed by atoms with E-state index in [1.54, 1.807) is 18.3 Å². The SMILES string of the molecule is CCC(C)(CCO)Nc1ccnc2c([N+](=O)[O-])cccc12. The number of fused-ring (bicyclic) bond motifs is 1. The lowest BCUT2D eigenvalue weighted by Gasteiger charge is -2.30. The van der Waals surface area contributed by atoms with Crippen molar-refractivity contribution >= 4 is 22.3 Å². The van der Waals surface area contributed by atoms with Gasteiger partial charge in [0.2, 0.25) is 0 Å². The van der Waals surface area contributed by atoms with Gasteiger partial charge >= 0.3 is 0 Å². The number of para-hydroxylation sites is 1. The van der Waals surface area contributed by atoms with Crippen molar-refractivity contribution in [3.63, 3.8) is 0 Å². The fraction of sp³-hybridized carbons (Fsp3) is 0.400. The predicted molar refractivity (Wildman–Crippen MR) is 82.4 cm³/mol. The molecule has 0 aliphatic carbocycles. The molecule has 1 aromatic carbocycles. The fourth-order valence-corrected chi connectivity index (χ4v) is 2.32. The molecule has 2 rings (SSSR count).